The fourth-order valence-electron chi connectivity index (χ4n) is 2.51. The maximum absolute atomic E-state index is 12.5. The van der Waals surface area contributed by atoms with Crippen LogP contribution in [0.25, 0.3) is 0 Å². The summed E-state index contributed by atoms with van der Waals surface area (Å²) in [5.74, 6) is -0.0139. The van der Waals surface area contributed by atoms with Gasteiger partial charge in [-0.25, -0.2) is 18.1 Å². The fraction of sp³-hybridized carbons (Fsp3) is 0.692. The van der Waals surface area contributed by atoms with Crippen molar-refractivity contribution in [2.24, 2.45) is 0 Å². The number of aromatic nitrogens is 3. The highest BCUT2D eigenvalue weighted by Gasteiger charge is 2.34. The van der Waals surface area contributed by atoms with Gasteiger partial charge < -0.3 is 4.90 Å². The van der Waals surface area contributed by atoms with E-state index in [9.17, 15) is 13.2 Å². The first kappa shape index (κ1) is 16.4. The standard InChI is InChI=1S/C13H19N5O3S/c1-2-3-5-18(11-4-6-22(20,21)9-11)13(19)8-17-10-15-12(7-14)16-17/h10-11H,2-6,8-9H2,1H3. The Hall–Kier alpha value is -1.95. The third-order valence-corrected chi connectivity index (χ3v) is 5.41. The van der Waals surface area contributed by atoms with E-state index in [0.717, 1.165) is 12.8 Å². The largest absolute Gasteiger partial charge is 0.337 e. The van der Waals surface area contributed by atoms with Crippen LogP contribution in [0.3, 0.4) is 0 Å². The monoisotopic (exact) mass is 325 g/mol. The van der Waals surface area contributed by atoms with Gasteiger partial charge >= 0.3 is 0 Å². The molecule has 1 amide bonds. The number of carbonyl (C=O) groups excluding carboxylic acids is 1. The van der Waals surface area contributed by atoms with Crippen LogP contribution in [0, 0.1) is 11.3 Å². The lowest BCUT2D eigenvalue weighted by molar-refractivity contribution is -0.134. The molecule has 22 heavy (non-hydrogen) atoms. The third kappa shape index (κ3) is 4.04. The van der Waals surface area contributed by atoms with E-state index >= 15 is 0 Å². The van der Waals surface area contributed by atoms with E-state index in [2.05, 4.69) is 10.1 Å². The Morgan fingerprint density at radius 3 is 2.91 bits per heavy atom. The Morgan fingerprint density at radius 2 is 2.36 bits per heavy atom. The van der Waals surface area contributed by atoms with Crippen molar-refractivity contribution in [2.45, 2.75) is 38.8 Å². The van der Waals surface area contributed by atoms with Crippen molar-refractivity contribution < 1.29 is 13.2 Å². The maximum Gasteiger partial charge on any atom is 0.252 e. The molecule has 1 aliphatic heterocycles. The van der Waals surface area contributed by atoms with Crippen molar-refractivity contribution >= 4 is 15.7 Å². The van der Waals surface area contributed by atoms with Crippen LogP contribution in [0.2, 0.25) is 0 Å². The van der Waals surface area contributed by atoms with Gasteiger partial charge in [0, 0.05) is 12.6 Å². The Labute approximate surface area is 129 Å². The molecule has 0 spiro atoms. The number of unbranched alkanes of at least 4 members (excludes halogenated alkanes) is 1. The van der Waals surface area contributed by atoms with Gasteiger partial charge in [-0.15, -0.1) is 5.10 Å². The first-order chi connectivity index (χ1) is 10.4. The average molecular weight is 325 g/mol. The summed E-state index contributed by atoms with van der Waals surface area (Å²) in [6.45, 7) is 2.52. The lowest BCUT2D eigenvalue weighted by Gasteiger charge is -2.28. The van der Waals surface area contributed by atoms with E-state index in [0.29, 0.717) is 13.0 Å². The van der Waals surface area contributed by atoms with E-state index in [1.165, 1.54) is 11.0 Å². The SMILES string of the molecule is CCCCN(C(=O)Cn1cnc(C#N)n1)C1CCS(=O)(=O)C1. The first-order valence-corrected chi connectivity index (χ1v) is 9.06. The molecule has 0 N–H and O–H groups in total. The second kappa shape index (κ2) is 6.87. The summed E-state index contributed by atoms with van der Waals surface area (Å²) < 4.78 is 24.6. The Kier molecular flexibility index (Phi) is 5.13. The summed E-state index contributed by atoms with van der Waals surface area (Å²) in [6, 6.07) is 1.54. The number of nitriles is 1. The van der Waals surface area contributed by atoms with E-state index in [4.69, 9.17) is 5.26 Å². The summed E-state index contributed by atoms with van der Waals surface area (Å²) >= 11 is 0. The number of hydrogen-bond donors (Lipinski definition) is 0. The molecule has 9 heteroatoms. The van der Waals surface area contributed by atoms with E-state index < -0.39 is 9.84 Å². The van der Waals surface area contributed by atoms with Crippen LogP contribution in [-0.4, -0.2) is 58.1 Å². The highest BCUT2D eigenvalue weighted by atomic mass is 32.2. The Morgan fingerprint density at radius 1 is 1.59 bits per heavy atom. The second-order valence-electron chi connectivity index (χ2n) is 5.38. The van der Waals surface area contributed by atoms with Gasteiger partial charge in [-0.1, -0.05) is 13.3 Å². The Bertz CT molecular complexity index is 676. The van der Waals surface area contributed by atoms with Crippen LogP contribution in [0.4, 0.5) is 0 Å². The summed E-state index contributed by atoms with van der Waals surface area (Å²) in [7, 11) is -3.04. The van der Waals surface area contributed by atoms with Gasteiger partial charge in [-0.05, 0) is 12.8 Å². The molecule has 1 fully saturated rings. The predicted octanol–water partition coefficient (Wildman–Crippen LogP) is -0.0344. The van der Waals surface area contributed by atoms with E-state index in [1.54, 1.807) is 11.0 Å². The van der Waals surface area contributed by atoms with Gasteiger partial charge in [-0.2, -0.15) is 5.26 Å². The highest BCUT2D eigenvalue weighted by Crippen LogP contribution is 2.19. The zero-order chi connectivity index (χ0) is 16.2. The predicted molar refractivity (Wildman–Crippen MR) is 78.4 cm³/mol. The summed E-state index contributed by atoms with van der Waals surface area (Å²) in [4.78, 5) is 17.9. The number of sulfone groups is 1. The summed E-state index contributed by atoms with van der Waals surface area (Å²) in [5, 5.41) is 12.6. The number of nitrogens with zero attached hydrogens (tertiary/aromatic N) is 5. The second-order valence-corrected chi connectivity index (χ2v) is 7.60. The smallest absolute Gasteiger partial charge is 0.252 e. The van der Waals surface area contributed by atoms with Crippen LogP contribution < -0.4 is 0 Å². The van der Waals surface area contributed by atoms with Crippen molar-refractivity contribution in [1.29, 1.82) is 5.26 Å². The molecule has 120 valence electrons. The minimum absolute atomic E-state index is 0.0105. The first-order valence-electron chi connectivity index (χ1n) is 7.24. The van der Waals surface area contributed by atoms with Crippen molar-refractivity contribution in [3.8, 4) is 6.07 Å². The van der Waals surface area contributed by atoms with Crippen molar-refractivity contribution in [2.75, 3.05) is 18.1 Å². The van der Waals surface area contributed by atoms with Crippen LogP contribution in [0.1, 0.15) is 32.0 Å². The van der Waals surface area contributed by atoms with Gasteiger partial charge in [0.15, 0.2) is 9.84 Å². The number of rotatable bonds is 6. The molecular weight excluding hydrogens is 306 g/mol. The summed E-state index contributed by atoms with van der Waals surface area (Å²) in [6.07, 6.45) is 3.56. The van der Waals surface area contributed by atoms with Crippen molar-refractivity contribution in [1.82, 2.24) is 19.7 Å². The van der Waals surface area contributed by atoms with E-state index in [1.807, 2.05) is 6.92 Å². The van der Waals surface area contributed by atoms with Crippen molar-refractivity contribution in [3.05, 3.63) is 12.2 Å². The van der Waals surface area contributed by atoms with Gasteiger partial charge in [0.05, 0.1) is 11.5 Å². The van der Waals surface area contributed by atoms with Crippen molar-refractivity contribution in [3.63, 3.8) is 0 Å². The minimum atomic E-state index is -3.04. The lowest BCUT2D eigenvalue weighted by Crippen LogP contribution is -2.43. The number of amides is 1. The molecule has 1 saturated heterocycles. The molecule has 1 aliphatic rings. The number of carbonyl (C=O) groups is 1. The molecule has 1 aromatic heterocycles. The molecule has 1 aromatic rings. The molecule has 0 saturated carbocycles. The lowest BCUT2D eigenvalue weighted by atomic mass is 10.2. The molecule has 2 heterocycles. The molecule has 2 rings (SSSR count). The summed E-state index contributed by atoms with van der Waals surface area (Å²) in [5.41, 5.74) is 0. The van der Waals surface area contributed by atoms with E-state index in [-0.39, 0.29) is 35.8 Å². The number of hydrogen-bond acceptors (Lipinski definition) is 6. The van der Waals surface area contributed by atoms with Gasteiger partial charge in [0.1, 0.15) is 18.9 Å². The van der Waals surface area contributed by atoms with Gasteiger partial charge in [0.25, 0.3) is 5.82 Å². The highest BCUT2D eigenvalue weighted by molar-refractivity contribution is 7.91. The van der Waals surface area contributed by atoms with Crippen LogP contribution in [-0.2, 0) is 21.2 Å². The molecule has 8 nitrogen and oxygen atoms in total. The molecule has 0 bridgehead atoms. The zero-order valence-corrected chi connectivity index (χ0v) is 13.3. The molecule has 0 aliphatic carbocycles. The normalized spacial score (nSPS) is 19.7. The maximum atomic E-state index is 12.5. The third-order valence-electron chi connectivity index (χ3n) is 3.66. The Balaban J connectivity index is 2.07. The topological polar surface area (TPSA) is 109 Å². The zero-order valence-electron chi connectivity index (χ0n) is 12.5. The van der Waals surface area contributed by atoms with Crippen LogP contribution >= 0.6 is 0 Å². The molecule has 1 atom stereocenters. The minimum Gasteiger partial charge on any atom is -0.337 e. The molecule has 0 radical (unpaired) electrons. The molecule has 1 unspecified atom stereocenters. The molecular formula is C13H19N5O3S. The van der Waals surface area contributed by atoms with Crippen LogP contribution in [0.5, 0.6) is 0 Å². The average Bonchev–Trinajstić information content (AvgIpc) is 3.05. The fourth-order valence-corrected chi connectivity index (χ4v) is 4.24. The van der Waals surface area contributed by atoms with Gasteiger partial charge in [-0.3, -0.25) is 4.79 Å². The quantitative estimate of drug-likeness (QED) is 0.726. The van der Waals surface area contributed by atoms with Crippen LogP contribution in [0.15, 0.2) is 6.33 Å². The molecule has 0 aromatic carbocycles. The van der Waals surface area contributed by atoms with Gasteiger partial charge in [0.2, 0.25) is 5.91 Å².